The number of aromatic nitrogens is 4. The van der Waals surface area contributed by atoms with Gasteiger partial charge in [-0.3, -0.25) is 9.59 Å². The Morgan fingerprint density at radius 2 is 1.70 bits per heavy atom. The average molecular weight is 489 g/mol. The van der Waals surface area contributed by atoms with E-state index in [2.05, 4.69) is 25.3 Å². The second-order valence-electron chi connectivity index (χ2n) is 8.36. The first-order valence-corrected chi connectivity index (χ1v) is 11.5. The number of ether oxygens (including phenoxy) is 1. The summed E-state index contributed by atoms with van der Waals surface area (Å²) in [5, 5.41) is 3.44. The van der Waals surface area contributed by atoms with Gasteiger partial charge in [-0.25, -0.2) is 9.97 Å². The van der Waals surface area contributed by atoms with Crippen LogP contribution >= 0.6 is 0 Å². The topological polar surface area (TPSA) is 139 Å². The van der Waals surface area contributed by atoms with E-state index in [9.17, 15) is 9.59 Å². The molecule has 1 amide bonds. The van der Waals surface area contributed by atoms with Gasteiger partial charge in [0.05, 0.1) is 34.3 Å². The van der Waals surface area contributed by atoms with Crippen molar-refractivity contribution in [2.24, 2.45) is 0 Å². The molecule has 0 saturated carbocycles. The number of fused-ring (bicyclic) bond motifs is 2. The Bertz CT molecular complexity index is 1830. The normalized spacial score (nSPS) is 11.0. The molecule has 6 aromatic rings. The summed E-state index contributed by atoms with van der Waals surface area (Å²) >= 11 is 0. The summed E-state index contributed by atoms with van der Waals surface area (Å²) in [5.74, 6) is 0.754. The molecular formula is C28H20N6O3. The highest BCUT2D eigenvalue weighted by Crippen LogP contribution is 2.31. The highest BCUT2D eigenvalue weighted by atomic mass is 16.5. The molecule has 0 radical (unpaired) electrons. The fourth-order valence-corrected chi connectivity index (χ4v) is 4.07. The molecule has 37 heavy (non-hydrogen) atoms. The monoisotopic (exact) mass is 488 g/mol. The van der Waals surface area contributed by atoms with Gasteiger partial charge in [-0.15, -0.1) is 0 Å². The first kappa shape index (κ1) is 22.1. The minimum Gasteiger partial charge on any atom is -0.439 e. The molecule has 3 aromatic carbocycles. The van der Waals surface area contributed by atoms with Gasteiger partial charge in [-0.1, -0.05) is 30.3 Å². The number of hydrogen-bond acceptors (Lipinski definition) is 6. The van der Waals surface area contributed by atoms with Gasteiger partial charge < -0.3 is 25.8 Å². The summed E-state index contributed by atoms with van der Waals surface area (Å²) in [5.41, 5.74) is 9.84. The zero-order valence-corrected chi connectivity index (χ0v) is 19.4. The van der Waals surface area contributed by atoms with E-state index in [4.69, 9.17) is 10.5 Å². The highest BCUT2D eigenvalue weighted by molar-refractivity contribution is 6.09. The van der Waals surface area contributed by atoms with Gasteiger partial charge >= 0.3 is 0 Å². The molecule has 0 bridgehead atoms. The predicted molar refractivity (Wildman–Crippen MR) is 143 cm³/mol. The van der Waals surface area contributed by atoms with E-state index < -0.39 is 0 Å². The number of aromatic amines is 2. The summed E-state index contributed by atoms with van der Waals surface area (Å²) in [6.07, 6.45) is 1.52. The lowest BCUT2D eigenvalue weighted by Gasteiger charge is -2.07. The Kier molecular flexibility index (Phi) is 5.35. The number of nitrogens with zero attached hydrogens (tertiary/aromatic N) is 2. The number of nitrogen functional groups attached to an aromatic ring is 1. The van der Waals surface area contributed by atoms with E-state index in [-0.39, 0.29) is 17.2 Å². The van der Waals surface area contributed by atoms with Crippen molar-refractivity contribution in [3.05, 3.63) is 107 Å². The number of anilines is 2. The first-order chi connectivity index (χ1) is 18.0. The van der Waals surface area contributed by atoms with E-state index in [0.717, 1.165) is 0 Å². The maximum Gasteiger partial charge on any atom is 0.276 e. The molecule has 9 nitrogen and oxygen atoms in total. The number of pyridine rings is 1. The van der Waals surface area contributed by atoms with Crippen LogP contribution in [0.3, 0.4) is 0 Å². The molecule has 0 aliphatic carbocycles. The van der Waals surface area contributed by atoms with Crippen molar-refractivity contribution >= 4 is 39.2 Å². The number of H-pyrrole nitrogens is 2. The molecule has 3 aromatic heterocycles. The van der Waals surface area contributed by atoms with Crippen LogP contribution in [0.1, 0.15) is 10.4 Å². The fourth-order valence-electron chi connectivity index (χ4n) is 4.07. The number of para-hydroxylation sites is 3. The van der Waals surface area contributed by atoms with Gasteiger partial charge in [0.2, 0.25) is 5.88 Å². The van der Waals surface area contributed by atoms with Crippen LogP contribution in [0.25, 0.3) is 33.3 Å². The van der Waals surface area contributed by atoms with Crippen molar-refractivity contribution in [2.75, 3.05) is 11.1 Å². The third-order valence-electron chi connectivity index (χ3n) is 5.90. The molecule has 9 heteroatoms. The number of amides is 1. The van der Waals surface area contributed by atoms with Crippen LogP contribution in [0, 0.1) is 0 Å². The number of benzene rings is 3. The number of carbonyl (C=O) groups excluding carboxylic acids is 1. The van der Waals surface area contributed by atoms with Gasteiger partial charge in [0.25, 0.3) is 11.5 Å². The number of nitrogens with one attached hydrogen (secondary N) is 3. The second-order valence-corrected chi connectivity index (χ2v) is 8.36. The van der Waals surface area contributed by atoms with E-state index in [1.165, 1.54) is 6.20 Å². The third kappa shape index (κ3) is 4.25. The number of rotatable bonds is 5. The molecule has 0 aliphatic heterocycles. The van der Waals surface area contributed by atoms with Crippen LogP contribution in [0.4, 0.5) is 11.4 Å². The second kappa shape index (κ2) is 8.97. The van der Waals surface area contributed by atoms with Crippen molar-refractivity contribution in [1.82, 2.24) is 19.9 Å². The summed E-state index contributed by atoms with van der Waals surface area (Å²) < 4.78 is 5.68. The number of carbonyl (C=O) groups is 1. The third-order valence-corrected chi connectivity index (χ3v) is 5.90. The molecule has 0 saturated heterocycles. The Morgan fingerprint density at radius 1 is 0.892 bits per heavy atom. The lowest BCUT2D eigenvalue weighted by atomic mass is 10.1. The van der Waals surface area contributed by atoms with E-state index in [0.29, 0.717) is 56.2 Å². The molecular weight excluding hydrogens is 468 g/mol. The van der Waals surface area contributed by atoms with Crippen molar-refractivity contribution in [3.8, 4) is 23.0 Å². The largest absolute Gasteiger partial charge is 0.439 e. The Balaban J connectivity index is 1.25. The van der Waals surface area contributed by atoms with Crippen molar-refractivity contribution in [2.45, 2.75) is 0 Å². The SMILES string of the molecule is Nc1c(-c2nc3ccccc3[nH]c2=O)[nH]c2ccc(C(=O)Nc3ccc(Oc4ccccc4)nc3)cc12. The van der Waals surface area contributed by atoms with Crippen LogP contribution in [0.5, 0.6) is 11.6 Å². The van der Waals surface area contributed by atoms with E-state index >= 15 is 0 Å². The Morgan fingerprint density at radius 3 is 2.51 bits per heavy atom. The molecule has 180 valence electrons. The number of nitrogens with two attached hydrogens (primary N) is 1. The molecule has 5 N–H and O–H groups in total. The van der Waals surface area contributed by atoms with Gasteiger partial charge in [-0.2, -0.15) is 0 Å². The zero-order chi connectivity index (χ0) is 25.4. The van der Waals surface area contributed by atoms with Crippen LogP contribution in [0.15, 0.2) is 95.9 Å². The molecule has 0 aliphatic rings. The molecule has 0 unspecified atom stereocenters. The van der Waals surface area contributed by atoms with Gasteiger partial charge in [0, 0.05) is 22.5 Å². The molecule has 6 rings (SSSR count). The first-order valence-electron chi connectivity index (χ1n) is 11.5. The van der Waals surface area contributed by atoms with E-state index in [1.54, 1.807) is 36.4 Å². The predicted octanol–water partition coefficient (Wildman–Crippen LogP) is 5.09. The van der Waals surface area contributed by atoms with Crippen LogP contribution in [0.2, 0.25) is 0 Å². The van der Waals surface area contributed by atoms with Crippen LogP contribution in [-0.2, 0) is 0 Å². The lowest BCUT2D eigenvalue weighted by molar-refractivity contribution is 0.102. The Labute approximate surface area is 210 Å². The standard InChI is InChI=1S/C28H20N6O3/c29-24-19-14-16(27(35)31-17-11-13-23(30-15-17)37-18-6-2-1-3-7-18)10-12-20(19)32-25(24)26-28(36)34-22-9-5-4-8-21(22)33-26/h1-15,32H,29H2,(H,31,35)(H,34,36). The Hall–Kier alpha value is -5.44. The summed E-state index contributed by atoms with van der Waals surface area (Å²) in [6, 6.07) is 25.1. The highest BCUT2D eigenvalue weighted by Gasteiger charge is 2.17. The van der Waals surface area contributed by atoms with E-state index in [1.807, 2.05) is 48.5 Å². The molecule has 0 fully saturated rings. The zero-order valence-electron chi connectivity index (χ0n) is 19.4. The quantitative estimate of drug-likeness (QED) is 0.266. The van der Waals surface area contributed by atoms with Crippen LogP contribution in [-0.4, -0.2) is 25.8 Å². The van der Waals surface area contributed by atoms with Gasteiger partial charge in [-0.05, 0) is 48.5 Å². The van der Waals surface area contributed by atoms with Crippen molar-refractivity contribution in [3.63, 3.8) is 0 Å². The molecule has 3 heterocycles. The summed E-state index contributed by atoms with van der Waals surface area (Å²) in [6.45, 7) is 0. The maximum absolute atomic E-state index is 12.9. The number of hydrogen-bond donors (Lipinski definition) is 4. The van der Waals surface area contributed by atoms with Gasteiger partial charge in [0.1, 0.15) is 5.75 Å². The van der Waals surface area contributed by atoms with Gasteiger partial charge in [0.15, 0.2) is 5.69 Å². The lowest BCUT2D eigenvalue weighted by Crippen LogP contribution is -2.12. The maximum atomic E-state index is 12.9. The van der Waals surface area contributed by atoms with Crippen LogP contribution < -0.4 is 21.3 Å². The minimum absolute atomic E-state index is 0.183. The van der Waals surface area contributed by atoms with Crippen molar-refractivity contribution in [1.29, 1.82) is 0 Å². The average Bonchev–Trinajstić information content (AvgIpc) is 3.25. The summed E-state index contributed by atoms with van der Waals surface area (Å²) in [7, 11) is 0. The minimum atomic E-state index is -0.359. The smallest absolute Gasteiger partial charge is 0.276 e. The fraction of sp³-hybridized carbons (Fsp3) is 0. The molecule has 0 atom stereocenters. The van der Waals surface area contributed by atoms with Crippen molar-refractivity contribution < 1.29 is 9.53 Å². The summed E-state index contributed by atoms with van der Waals surface area (Å²) in [4.78, 5) is 40.4. The molecule has 0 spiro atoms.